The van der Waals surface area contributed by atoms with Crippen LogP contribution in [-0.4, -0.2) is 25.3 Å². The summed E-state index contributed by atoms with van der Waals surface area (Å²) in [5.41, 5.74) is 0.410. The van der Waals surface area contributed by atoms with Gasteiger partial charge in [-0.15, -0.1) is 11.3 Å². The van der Waals surface area contributed by atoms with Crippen LogP contribution < -0.4 is 5.32 Å². The average Bonchev–Trinajstić information content (AvgIpc) is 2.85. The molecule has 1 unspecified atom stereocenters. The first kappa shape index (κ1) is 17.3. The van der Waals surface area contributed by atoms with Gasteiger partial charge in [-0.1, -0.05) is 32.4 Å². The Morgan fingerprint density at radius 2 is 1.95 bits per heavy atom. The number of halogens is 1. The molecule has 1 atom stereocenters. The lowest BCUT2D eigenvalue weighted by Gasteiger charge is -2.47. The van der Waals surface area contributed by atoms with Gasteiger partial charge in [0.15, 0.2) is 0 Å². The van der Waals surface area contributed by atoms with Crippen molar-refractivity contribution in [3.63, 3.8) is 0 Å². The molecule has 1 aliphatic carbocycles. The first-order valence-electron chi connectivity index (χ1n) is 7.93. The molecule has 1 aromatic heterocycles. The predicted molar refractivity (Wildman–Crippen MR) is 92.5 cm³/mol. The van der Waals surface area contributed by atoms with Gasteiger partial charge in [-0.05, 0) is 56.2 Å². The number of hydrogen-bond acceptors (Lipinski definition) is 3. The van der Waals surface area contributed by atoms with Crippen LogP contribution in [-0.2, 0) is 11.2 Å². The van der Waals surface area contributed by atoms with Crippen LogP contribution in [0.2, 0.25) is 4.34 Å². The van der Waals surface area contributed by atoms with E-state index in [9.17, 15) is 0 Å². The third-order valence-electron chi connectivity index (χ3n) is 4.98. The molecule has 1 fully saturated rings. The Kier molecular flexibility index (Phi) is 5.75. The van der Waals surface area contributed by atoms with Gasteiger partial charge in [0, 0.05) is 18.0 Å². The monoisotopic (exact) mass is 329 g/mol. The maximum absolute atomic E-state index is 6.08. The highest BCUT2D eigenvalue weighted by atomic mass is 35.5. The van der Waals surface area contributed by atoms with Crippen molar-refractivity contribution in [2.24, 2.45) is 5.41 Å². The second-order valence-electron chi connectivity index (χ2n) is 6.95. The maximum atomic E-state index is 6.08. The molecule has 1 aromatic rings. The average molecular weight is 330 g/mol. The highest BCUT2D eigenvalue weighted by Gasteiger charge is 2.44. The molecular formula is C17H28ClNOS. The second-order valence-corrected chi connectivity index (χ2v) is 8.75. The van der Waals surface area contributed by atoms with E-state index in [1.54, 1.807) is 11.3 Å². The van der Waals surface area contributed by atoms with Crippen molar-refractivity contribution in [3.8, 4) is 0 Å². The summed E-state index contributed by atoms with van der Waals surface area (Å²) in [6.07, 6.45) is 5.72. The van der Waals surface area contributed by atoms with Gasteiger partial charge in [0.1, 0.15) is 0 Å². The molecule has 1 heterocycles. The number of thiophene rings is 1. The van der Waals surface area contributed by atoms with Crippen molar-refractivity contribution in [1.29, 1.82) is 0 Å². The van der Waals surface area contributed by atoms with Crippen molar-refractivity contribution in [1.82, 2.24) is 5.32 Å². The Hall–Kier alpha value is -0.0900. The van der Waals surface area contributed by atoms with E-state index < -0.39 is 0 Å². The molecule has 0 aromatic carbocycles. The van der Waals surface area contributed by atoms with Crippen LogP contribution in [0.4, 0.5) is 0 Å². The second kappa shape index (κ2) is 6.99. The predicted octanol–water partition coefficient (Wildman–Crippen LogP) is 4.91. The van der Waals surface area contributed by atoms with Crippen molar-refractivity contribution in [2.75, 3.05) is 13.7 Å². The summed E-state index contributed by atoms with van der Waals surface area (Å²) >= 11 is 7.76. The molecule has 0 aliphatic heterocycles. The molecule has 0 spiro atoms. The van der Waals surface area contributed by atoms with Gasteiger partial charge in [0.25, 0.3) is 0 Å². The van der Waals surface area contributed by atoms with Crippen molar-refractivity contribution < 1.29 is 4.74 Å². The number of ether oxygens (including phenoxy) is 1. The lowest BCUT2D eigenvalue weighted by atomic mass is 9.68. The molecule has 1 N–H and O–H groups in total. The fourth-order valence-corrected chi connectivity index (χ4v) is 4.53. The van der Waals surface area contributed by atoms with E-state index in [-0.39, 0.29) is 5.60 Å². The van der Waals surface area contributed by atoms with Crippen LogP contribution in [0.5, 0.6) is 0 Å². The van der Waals surface area contributed by atoms with Crippen LogP contribution >= 0.6 is 22.9 Å². The molecule has 4 heteroatoms. The van der Waals surface area contributed by atoms with Crippen molar-refractivity contribution in [3.05, 3.63) is 21.3 Å². The fraction of sp³-hybridized carbons (Fsp3) is 0.765. The summed E-state index contributed by atoms with van der Waals surface area (Å²) in [4.78, 5) is 1.34. The summed E-state index contributed by atoms with van der Waals surface area (Å²) in [7, 11) is 1.88. The minimum Gasteiger partial charge on any atom is -0.377 e. The van der Waals surface area contributed by atoms with Crippen LogP contribution in [0, 0.1) is 5.41 Å². The quantitative estimate of drug-likeness (QED) is 0.800. The van der Waals surface area contributed by atoms with E-state index in [1.165, 1.54) is 17.7 Å². The maximum Gasteiger partial charge on any atom is 0.0931 e. The standard InChI is InChI=1S/C17H28ClNOS/c1-5-19-14(12-13-6-7-15(18)21-13)17(20-4)10-8-16(2,3)9-11-17/h6-7,14,19H,5,8-12H2,1-4H3. The Balaban J connectivity index is 2.14. The van der Waals surface area contributed by atoms with Gasteiger partial charge >= 0.3 is 0 Å². The Morgan fingerprint density at radius 1 is 1.29 bits per heavy atom. The zero-order valence-corrected chi connectivity index (χ0v) is 15.2. The molecule has 0 saturated heterocycles. The smallest absolute Gasteiger partial charge is 0.0931 e. The van der Waals surface area contributed by atoms with Gasteiger partial charge in [0.05, 0.1) is 9.94 Å². The molecule has 0 bridgehead atoms. The third-order valence-corrected chi connectivity index (χ3v) is 6.23. The third kappa shape index (κ3) is 4.22. The largest absolute Gasteiger partial charge is 0.377 e. The van der Waals surface area contributed by atoms with E-state index in [0.717, 1.165) is 30.1 Å². The van der Waals surface area contributed by atoms with E-state index in [1.807, 2.05) is 13.2 Å². The van der Waals surface area contributed by atoms with Gasteiger partial charge in [0.2, 0.25) is 0 Å². The summed E-state index contributed by atoms with van der Waals surface area (Å²) in [5.74, 6) is 0. The molecule has 2 nitrogen and oxygen atoms in total. The minimum absolute atomic E-state index is 0.0397. The van der Waals surface area contributed by atoms with Crippen molar-refractivity contribution in [2.45, 2.75) is 64.5 Å². The highest BCUT2D eigenvalue weighted by molar-refractivity contribution is 7.16. The Bertz CT molecular complexity index is 447. The lowest BCUT2D eigenvalue weighted by molar-refractivity contribution is -0.0857. The normalized spacial score (nSPS) is 22.1. The van der Waals surface area contributed by atoms with E-state index >= 15 is 0 Å². The summed E-state index contributed by atoms with van der Waals surface area (Å²) in [5, 5.41) is 3.67. The van der Waals surface area contributed by atoms with E-state index in [2.05, 4.69) is 32.2 Å². The minimum atomic E-state index is -0.0397. The summed E-state index contributed by atoms with van der Waals surface area (Å²) in [6.45, 7) is 7.88. The summed E-state index contributed by atoms with van der Waals surface area (Å²) < 4.78 is 6.95. The molecule has 120 valence electrons. The number of rotatable bonds is 6. The SMILES string of the molecule is CCNC(Cc1ccc(Cl)s1)C1(OC)CCC(C)(C)CC1. The number of likely N-dealkylation sites (N-methyl/N-ethyl adjacent to an activating group) is 1. The molecule has 2 rings (SSSR count). The summed E-state index contributed by atoms with van der Waals surface area (Å²) in [6, 6.07) is 4.50. The zero-order chi connectivity index (χ0) is 15.5. The van der Waals surface area contributed by atoms with Crippen LogP contribution in [0.15, 0.2) is 12.1 Å². The lowest BCUT2D eigenvalue weighted by Crippen LogP contribution is -2.55. The number of methoxy groups -OCH3 is 1. The van der Waals surface area contributed by atoms with Gasteiger partial charge in [-0.3, -0.25) is 0 Å². The van der Waals surface area contributed by atoms with E-state index in [0.29, 0.717) is 11.5 Å². The number of hydrogen-bond donors (Lipinski definition) is 1. The van der Waals surface area contributed by atoms with Gasteiger partial charge < -0.3 is 10.1 Å². The first-order valence-corrected chi connectivity index (χ1v) is 9.13. The molecular weight excluding hydrogens is 302 g/mol. The first-order chi connectivity index (χ1) is 9.91. The number of nitrogens with one attached hydrogen (secondary N) is 1. The van der Waals surface area contributed by atoms with E-state index in [4.69, 9.17) is 16.3 Å². The Morgan fingerprint density at radius 3 is 2.43 bits per heavy atom. The Labute approximate surface area is 138 Å². The van der Waals surface area contributed by atoms with Crippen molar-refractivity contribution >= 4 is 22.9 Å². The fourth-order valence-electron chi connectivity index (χ4n) is 3.40. The van der Waals surface area contributed by atoms with Crippen LogP contribution in [0.3, 0.4) is 0 Å². The molecule has 21 heavy (non-hydrogen) atoms. The van der Waals surface area contributed by atoms with Crippen LogP contribution in [0.25, 0.3) is 0 Å². The molecule has 0 radical (unpaired) electrons. The zero-order valence-electron chi connectivity index (χ0n) is 13.7. The topological polar surface area (TPSA) is 21.3 Å². The molecule has 0 amide bonds. The molecule has 1 aliphatic rings. The van der Waals surface area contributed by atoms with Gasteiger partial charge in [-0.2, -0.15) is 0 Å². The van der Waals surface area contributed by atoms with Gasteiger partial charge in [-0.25, -0.2) is 0 Å². The highest BCUT2D eigenvalue weighted by Crippen LogP contribution is 2.44. The van der Waals surface area contributed by atoms with Crippen LogP contribution in [0.1, 0.15) is 51.3 Å². The molecule has 1 saturated carbocycles.